The summed E-state index contributed by atoms with van der Waals surface area (Å²) in [5.74, 6) is 2.99. The van der Waals surface area contributed by atoms with Gasteiger partial charge in [0, 0.05) is 36.1 Å². The Balaban J connectivity index is 1.32. The Morgan fingerprint density at radius 2 is 0.773 bits per heavy atom. The summed E-state index contributed by atoms with van der Waals surface area (Å²) in [5, 5.41) is 4.15. The molecule has 0 aliphatic heterocycles. The van der Waals surface area contributed by atoms with Crippen LogP contribution in [-0.2, 0) is 22.7 Å². The summed E-state index contributed by atoms with van der Waals surface area (Å²) in [5.41, 5.74) is 4.03. The number of ether oxygens (including phenoxy) is 2. The lowest BCUT2D eigenvalue weighted by atomic mass is 9.93. The molecule has 2 unspecified atom stereocenters. The second kappa shape index (κ2) is 14.5. The first kappa shape index (κ1) is 29.9. The first-order valence-corrected chi connectivity index (χ1v) is 15.7. The minimum absolute atomic E-state index is 0.236. The average Bonchev–Trinajstić information content (AvgIpc) is 3.06. The van der Waals surface area contributed by atoms with Crippen molar-refractivity contribution in [1.29, 1.82) is 0 Å². The number of methoxy groups -OCH3 is 2. The third-order valence-electron chi connectivity index (χ3n) is 7.17. The zero-order valence-electron chi connectivity index (χ0n) is 24.4. The van der Waals surface area contributed by atoms with Gasteiger partial charge in [-0.25, -0.2) is 0 Å². The molecule has 0 aliphatic rings. The molecule has 0 bridgehead atoms. The van der Waals surface area contributed by atoms with Crippen molar-refractivity contribution in [3.05, 3.63) is 132 Å². The number of rotatable bonds is 13. The van der Waals surface area contributed by atoms with Crippen molar-refractivity contribution < 1.29 is 27.6 Å². The molecule has 0 saturated carbocycles. The van der Waals surface area contributed by atoms with Gasteiger partial charge in [0.25, 0.3) is 18.1 Å². The highest BCUT2D eigenvalue weighted by Gasteiger charge is 2.16. The standard InChI is InChI=1S/C36H32O6P2/c1-37-23-27-11-3-5-19-31(27)39-43-41-33-21-9-15-25-13-7-17-29(35(25)33)30-18-8-14-26-16-10-22-34(36(26)30)42-44-40-32-20-6-4-12-28(32)24-38-2/h3-22,43-44H,23-24H2,1-2H3. The molecule has 0 N–H and O–H groups in total. The number of fused-ring (bicyclic) bond motifs is 2. The number of hydrogen-bond donors (Lipinski definition) is 0. The minimum atomic E-state index is -0.236. The first-order valence-electron chi connectivity index (χ1n) is 14.1. The molecule has 0 radical (unpaired) electrons. The molecule has 0 amide bonds. The number of hydrogen-bond acceptors (Lipinski definition) is 6. The lowest BCUT2D eigenvalue weighted by molar-refractivity contribution is 0.183. The maximum absolute atomic E-state index is 6.31. The van der Waals surface area contributed by atoms with E-state index < -0.39 is 0 Å². The van der Waals surface area contributed by atoms with E-state index in [0.717, 1.165) is 66.8 Å². The Morgan fingerprint density at radius 1 is 0.409 bits per heavy atom. The van der Waals surface area contributed by atoms with E-state index in [1.807, 2.05) is 72.8 Å². The van der Waals surface area contributed by atoms with Crippen LogP contribution in [0.4, 0.5) is 0 Å². The number of benzene rings is 6. The molecule has 0 saturated heterocycles. The maximum atomic E-state index is 6.31. The summed E-state index contributed by atoms with van der Waals surface area (Å²) in [6, 6.07) is 40.4. The van der Waals surface area contributed by atoms with Crippen LogP contribution in [0, 0.1) is 0 Å². The summed E-state index contributed by atoms with van der Waals surface area (Å²) in [4.78, 5) is 0. The van der Waals surface area contributed by atoms with Crippen molar-refractivity contribution in [2.24, 2.45) is 0 Å². The molecule has 0 aliphatic carbocycles. The zero-order valence-corrected chi connectivity index (χ0v) is 26.4. The Labute approximate surface area is 260 Å². The largest absolute Gasteiger partial charge is 0.440 e. The Hall–Kier alpha value is -4.18. The second-order valence-corrected chi connectivity index (χ2v) is 11.1. The number of para-hydroxylation sites is 2. The molecule has 6 aromatic carbocycles. The highest BCUT2D eigenvalue weighted by molar-refractivity contribution is 7.27. The van der Waals surface area contributed by atoms with Gasteiger partial charge in [0.1, 0.15) is 23.0 Å². The summed E-state index contributed by atoms with van der Waals surface area (Å²) >= 11 is 0. The maximum Gasteiger partial charge on any atom is 0.275 e. The fraction of sp³-hybridized carbons (Fsp3) is 0.111. The highest BCUT2D eigenvalue weighted by Crippen LogP contribution is 2.43. The topological polar surface area (TPSA) is 55.4 Å². The SMILES string of the molecule is COCc1ccccc1OPOc1cccc2cccc(-c3cccc4cccc(OPOc5ccccc5COC)c34)c12. The molecular formula is C36H32O6P2. The second-order valence-electron chi connectivity index (χ2n) is 9.98. The van der Waals surface area contributed by atoms with Gasteiger partial charge in [0.2, 0.25) is 0 Å². The van der Waals surface area contributed by atoms with Crippen LogP contribution in [0.25, 0.3) is 32.7 Å². The Morgan fingerprint density at radius 3 is 1.20 bits per heavy atom. The molecule has 6 aromatic rings. The molecule has 222 valence electrons. The summed E-state index contributed by atoms with van der Waals surface area (Å²) in [7, 11) is 2.87. The summed E-state index contributed by atoms with van der Waals surface area (Å²) in [6.07, 6.45) is 0. The molecular weight excluding hydrogens is 590 g/mol. The van der Waals surface area contributed by atoms with Gasteiger partial charge in [-0.3, -0.25) is 0 Å². The predicted octanol–water partition coefficient (Wildman–Crippen LogP) is 9.89. The summed E-state index contributed by atoms with van der Waals surface area (Å²) < 4.78 is 35.4. The molecule has 0 fully saturated rings. The van der Waals surface area contributed by atoms with Gasteiger partial charge >= 0.3 is 0 Å². The van der Waals surface area contributed by atoms with Gasteiger partial charge in [-0.2, -0.15) is 0 Å². The van der Waals surface area contributed by atoms with Gasteiger partial charge < -0.3 is 27.6 Å². The lowest BCUT2D eigenvalue weighted by Gasteiger charge is -2.17. The van der Waals surface area contributed by atoms with Crippen molar-refractivity contribution in [3.63, 3.8) is 0 Å². The van der Waals surface area contributed by atoms with Crippen LogP contribution < -0.4 is 18.1 Å². The van der Waals surface area contributed by atoms with Gasteiger partial charge in [0.05, 0.1) is 13.2 Å². The lowest BCUT2D eigenvalue weighted by Crippen LogP contribution is -1.94. The molecule has 8 heteroatoms. The predicted molar refractivity (Wildman–Crippen MR) is 180 cm³/mol. The average molecular weight is 623 g/mol. The van der Waals surface area contributed by atoms with E-state index in [2.05, 4.69) is 48.5 Å². The van der Waals surface area contributed by atoms with Crippen LogP contribution in [0.15, 0.2) is 121 Å². The fourth-order valence-electron chi connectivity index (χ4n) is 5.21. The van der Waals surface area contributed by atoms with Gasteiger partial charge in [-0.1, -0.05) is 97.1 Å². The molecule has 0 heterocycles. The summed E-state index contributed by atoms with van der Waals surface area (Å²) in [6.45, 7) is 0.936. The third-order valence-corrected chi connectivity index (χ3v) is 8.39. The normalized spacial score (nSPS) is 11.6. The van der Waals surface area contributed by atoms with E-state index in [1.165, 1.54) is 0 Å². The molecule has 6 rings (SSSR count). The van der Waals surface area contributed by atoms with Crippen molar-refractivity contribution in [2.45, 2.75) is 13.2 Å². The van der Waals surface area contributed by atoms with Crippen molar-refractivity contribution in [2.75, 3.05) is 14.2 Å². The van der Waals surface area contributed by atoms with Gasteiger partial charge in [-0.15, -0.1) is 0 Å². The zero-order chi connectivity index (χ0) is 30.1. The van der Waals surface area contributed by atoms with E-state index in [4.69, 9.17) is 27.6 Å². The smallest absolute Gasteiger partial charge is 0.275 e. The van der Waals surface area contributed by atoms with Crippen LogP contribution in [-0.4, -0.2) is 14.2 Å². The van der Waals surface area contributed by atoms with E-state index in [1.54, 1.807) is 14.2 Å². The highest BCUT2D eigenvalue weighted by atomic mass is 31.1. The molecule has 6 nitrogen and oxygen atoms in total. The Kier molecular flexibility index (Phi) is 9.86. The molecule has 2 atom stereocenters. The van der Waals surface area contributed by atoms with E-state index in [0.29, 0.717) is 13.2 Å². The van der Waals surface area contributed by atoms with Crippen LogP contribution in [0.3, 0.4) is 0 Å². The van der Waals surface area contributed by atoms with Crippen LogP contribution in [0.1, 0.15) is 11.1 Å². The fourth-order valence-corrected chi connectivity index (χ4v) is 6.39. The van der Waals surface area contributed by atoms with Gasteiger partial charge in [-0.05, 0) is 46.2 Å². The molecule has 0 spiro atoms. The van der Waals surface area contributed by atoms with Crippen LogP contribution in [0.2, 0.25) is 0 Å². The van der Waals surface area contributed by atoms with E-state index in [9.17, 15) is 0 Å². The van der Waals surface area contributed by atoms with E-state index >= 15 is 0 Å². The van der Waals surface area contributed by atoms with Crippen molar-refractivity contribution in [1.82, 2.24) is 0 Å². The first-order chi connectivity index (χ1) is 21.8. The van der Waals surface area contributed by atoms with Crippen molar-refractivity contribution in [3.8, 4) is 34.1 Å². The van der Waals surface area contributed by atoms with Crippen molar-refractivity contribution >= 4 is 39.6 Å². The third kappa shape index (κ3) is 6.65. The quantitative estimate of drug-likeness (QED) is 0.120. The monoisotopic (exact) mass is 622 g/mol. The Bertz CT molecular complexity index is 1730. The molecule has 0 aromatic heterocycles. The van der Waals surface area contributed by atoms with E-state index in [-0.39, 0.29) is 18.1 Å². The minimum Gasteiger partial charge on any atom is -0.440 e. The van der Waals surface area contributed by atoms with Crippen LogP contribution in [0.5, 0.6) is 23.0 Å². The van der Waals surface area contributed by atoms with Gasteiger partial charge in [0.15, 0.2) is 0 Å². The van der Waals surface area contributed by atoms with Crippen LogP contribution >= 0.6 is 18.1 Å². The molecule has 44 heavy (non-hydrogen) atoms.